The molecule has 0 aliphatic carbocycles. The number of hydrogen-bond donors (Lipinski definition) is 2. The molecule has 0 aromatic heterocycles. The van der Waals surface area contributed by atoms with Crippen molar-refractivity contribution >= 4 is 27.8 Å². The van der Waals surface area contributed by atoms with Crippen LogP contribution in [0.25, 0.3) is 0 Å². The molecule has 0 saturated heterocycles. The maximum atomic E-state index is 11.6. The van der Waals surface area contributed by atoms with E-state index in [0.717, 1.165) is 18.5 Å². The zero-order valence-corrected chi connectivity index (χ0v) is 11.5. The zero-order valence-electron chi connectivity index (χ0n) is 9.83. The van der Waals surface area contributed by atoms with E-state index in [-0.39, 0.29) is 5.75 Å². The predicted octanol–water partition coefficient (Wildman–Crippen LogP) is 2.66. The quantitative estimate of drug-likeness (QED) is 0.435. The van der Waals surface area contributed by atoms with Crippen LogP contribution >= 0.6 is 12.0 Å². The average molecular weight is 293 g/mol. The summed E-state index contributed by atoms with van der Waals surface area (Å²) in [6.07, 6.45) is 1.46. The molecule has 0 aliphatic heterocycles. The molecule has 1 aromatic carbocycles. The minimum absolute atomic E-state index is 0.113. The molecule has 8 heteroatoms. The molecule has 0 unspecified atom stereocenters. The van der Waals surface area contributed by atoms with Crippen molar-refractivity contribution in [2.75, 3.05) is 10.5 Å². The normalized spacial score (nSPS) is 11.4. The summed E-state index contributed by atoms with van der Waals surface area (Å²) in [4.78, 5) is 0.667. The van der Waals surface area contributed by atoms with Gasteiger partial charge in [-0.15, -0.1) is 4.33 Å². The summed E-state index contributed by atoms with van der Waals surface area (Å²) in [6.45, 7) is 1.94. The Balaban J connectivity index is 2.57. The fourth-order valence-electron chi connectivity index (χ4n) is 1.20. The molecular weight excluding hydrogens is 278 g/mol. The van der Waals surface area contributed by atoms with Crippen molar-refractivity contribution in [3.8, 4) is 0 Å². The highest BCUT2D eigenvalue weighted by molar-refractivity contribution is 7.94. The fourth-order valence-corrected chi connectivity index (χ4v) is 2.82. The van der Waals surface area contributed by atoms with Crippen LogP contribution in [0.1, 0.15) is 19.8 Å². The summed E-state index contributed by atoms with van der Waals surface area (Å²) in [5.41, 5.74) is 0.486. The number of benzene rings is 1. The Morgan fingerprint density at radius 2 is 2.00 bits per heavy atom. The molecule has 0 heterocycles. The summed E-state index contributed by atoms with van der Waals surface area (Å²) < 4.78 is 30.0. The number of nitrogens with one attached hydrogen (secondary N) is 1. The van der Waals surface area contributed by atoms with Gasteiger partial charge in [0, 0.05) is 10.6 Å². The lowest BCUT2D eigenvalue weighted by Crippen LogP contribution is -2.16. The van der Waals surface area contributed by atoms with E-state index in [2.05, 4.69) is 14.1 Å². The number of sulfonamides is 1. The van der Waals surface area contributed by atoms with Gasteiger partial charge in [0.15, 0.2) is 0 Å². The molecule has 1 aromatic rings. The molecule has 0 spiro atoms. The second-order valence-electron chi connectivity index (χ2n) is 3.52. The molecule has 0 radical (unpaired) electrons. The maximum Gasteiger partial charge on any atom is 0.232 e. The Hall–Kier alpha value is -0.800. The minimum Gasteiger partial charge on any atom is -0.284 e. The topological polar surface area (TPSA) is 84.9 Å². The van der Waals surface area contributed by atoms with Gasteiger partial charge >= 0.3 is 0 Å². The van der Waals surface area contributed by atoms with Crippen LogP contribution in [-0.4, -0.2) is 19.4 Å². The van der Waals surface area contributed by atoms with Crippen LogP contribution in [0.5, 0.6) is 0 Å². The number of anilines is 1. The number of rotatable bonds is 8. The number of unbranched alkanes of at least 4 members (excludes halogenated alkanes) is 1. The first-order valence-corrected chi connectivity index (χ1v) is 7.72. The molecule has 1 rings (SSSR count). The van der Waals surface area contributed by atoms with Gasteiger partial charge in [-0.05, 0) is 30.7 Å². The van der Waals surface area contributed by atoms with E-state index in [1.54, 1.807) is 24.3 Å². The van der Waals surface area contributed by atoms with E-state index in [1.807, 2.05) is 6.92 Å². The maximum absolute atomic E-state index is 11.6. The lowest BCUT2D eigenvalue weighted by molar-refractivity contribution is -0.432. The molecule has 0 bridgehead atoms. The molecule has 2 N–H and O–H groups in total. The van der Waals surface area contributed by atoms with Crippen molar-refractivity contribution in [3.05, 3.63) is 24.3 Å². The average Bonchev–Trinajstić information content (AvgIpc) is 2.35. The van der Waals surface area contributed by atoms with Gasteiger partial charge in [-0.25, -0.2) is 13.7 Å². The van der Waals surface area contributed by atoms with Crippen LogP contribution in [-0.2, 0) is 19.4 Å². The summed E-state index contributed by atoms with van der Waals surface area (Å²) in [5.74, 6) is 0.113. The van der Waals surface area contributed by atoms with Crippen LogP contribution in [0.3, 0.4) is 0 Å². The molecule has 0 aliphatic rings. The van der Waals surface area contributed by atoms with Crippen molar-refractivity contribution in [2.24, 2.45) is 0 Å². The summed E-state index contributed by atoms with van der Waals surface area (Å²) >= 11 is 0.812. The third-order valence-electron chi connectivity index (χ3n) is 2.05. The first-order chi connectivity index (χ1) is 8.57. The van der Waals surface area contributed by atoms with Crippen molar-refractivity contribution in [2.45, 2.75) is 24.7 Å². The summed E-state index contributed by atoms with van der Waals surface area (Å²) in [7, 11) is -3.28. The number of hydrogen-bond acceptors (Lipinski definition) is 6. The Morgan fingerprint density at radius 1 is 1.33 bits per heavy atom. The van der Waals surface area contributed by atoms with Crippen LogP contribution in [0.2, 0.25) is 0 Å². The van der Waals surface area contributed by atoms with Gasteiger partial charge in [0.2, 0.25) is 10.0 Å². The third-order valence-corrected chi connectivity index (χ3v) is 4.02. The molecule has 0 fully saturated rings. The molecular formula is C10H15NO5S2. The van der Waals surface area contributed by atoms with E-state index in [1.165, 1.54) is 0 Å². The Bertz CT molecular complexity index is 446. The lowest BCUT2D eigenvalue weighted by Gasteiger charge is -2.07. The highest BCUT2D eigenvalue weighted by Crippen LogP contribution is 2.21. The largest absolute Gasteiger partial charge is 0.284 e. The highest BCUT2D eigenvalue weighted by Gasteiger charge is 2.09. The van der Waals surface area contributed by atoms with Gasteiger partial charge in [0.1, 0.15) is 0 Å². The SMILES string of the molecule is CCCCS(=O)(=O)Nc1ccc(SOOO)cc1. The Kier molecular flexibility index (Phi) is 6.44. The van der Waals surface area contributed by atoms with Crippen molar-refractivity contribution in [1.82, 2.24) is 0 Å². The van der Waals surface area contributed by atoms with Crippen molar-refractivity contribution in [1.29, 1.82) is 0 Å². The van der Waals surface area contributed by atoms with Crippen LogP contribution in [0.15, 0.2) is 29.2 Å². The first-order valence-electron chi connectivity index (χ1n) is 5.32. The van der Waals surface area contributed by atoms with Crippen LogP contribution in [0.4, 0.5) is 5.69 Å². The molecule has 6 nitrogen and oxygen atoms in total. The van der Waals surface area contributed by atoms with E-state index in [0.29, 0.717) is 17.0 Å². The minimum atomic E-state index is -3.28. The van der Waals surface area contributed by atoms with Gasteiger partial charge in [0.25, 0.3) is 0 Å². The first kappa shape index (κ1) is 15.3. The Morgan fingerprint density at radius 3 is 2.56 bits per heavy atom. The standard InChI is InChI=1S/C10H15NO5S2/c1-2-3-8-18(13,14)11-9-4-6-10(7-5-9)17-16-15-12/h4-7,11-12H,2-3,8H2,1H3. The van der Waals surface area contributed by atoms with Gasteiger partial charge in [-0.3, -0.25) is 4.72 Å². The van der Waals surface area contributed by atoms with E-state index in [9.17, 15) is 8.42 Å². The fraction of sp³-hybridized carbons (Fsp3) is 0.400. The van der Waals surface area contributed by atoms with Crippen molar-refractivity contribution < 1.29 is 23.0 Å². The monoisotopic (exact) mass is 293 g/mol. The smallest absolute Gasteiger partial charge is 0.232 e. The molecule has 0 atom stereocenters. The van der Waals surface area contributed by atoms with Crippen LogP contribution in [0, 0.1) is 0 Å². The summed E-state index contributed by atoms with van der Waals surface area (Å²) in [6, 6.07) is 6.49. The van der Waals surface area contributed by atoms with Gasteiger partial charge in [-0.2, -0.15) is 0 Å². The zero-order chi connectivity index (χ0) is 13.4. The molecule has 18 heavy (non-hydrogen) atoms. The lowest BCUT2D eigenvalue weighted by atomic mass is 10.3. The molecule has 102 valence electrons. The van der Waals surface area contributed by atoms with E-state index >= 15 is 0 Å². The molecule has 0 amide bonds. The van der Waals surface area contributed by atoms with E-state index < -0.39 is 10.0 Å². The Labute approximate surface area is 110 Å². The summed E-state index contributed by atoms with van der Waals surface area (Å²) in [5, 5.41) is 11.4. The second kappa shape index (κ2) is 7.59. The van der Waals surface area contributed by atoms with E-state index in [4.69, 9.17) is 5.26 Å². The van der Waals surface area contributed by atoms with Gasteiger partial charge in [0.05, 0.1) is 17.8 Å². The van der Waals surface area contributed by atoms with Crippen molar-refractivity contribution in [3.63, 3.8) is 0 Å². The van der Waals surface area contributed by atoms with Gasteiger partial charge < -0.3 is 0 Å². The molecule has 0 saturated carbocycles. The predicted molar refractivity (Wildman–Crippen MR) is 69.4 cm³/mol. The second-order valence-corrected chi connectivity index (χ2v) is 6.14. The van der Waals surface area contributed by atoms with Crippen LogP contribution < -0.4 is 4.72 Å². The highest BCUT2D eigenvalue weighted by atomic mass is 32.2. The van der Waals surface area contributed by atoms with Gasteiger partial charge in [-0.1, -0.05) is 18.4 Å². The third kappa shape index (κ3) is 5.69.